The highest BCUT2D eigenvalue weighted by Crippen LogP contribution is 2.21. The monoisotopic (exact) mass is 300 g/mol. The third kappa shape index (κ3) is 2.89. The average molecular weight is 301 g/mol. The molecule has 4 N–H and O–H groups in total. The summed E-state index contributed by atoms with van der Waals surface area (Å²) in [6, 6.07) is 6.43. The van der Waals surface area contributed by atoms with Crippen LogP contribution in [0.1, 0.15) is 11.3 Å². The van der Waals surface area contributed by atoms with Crippen LogP contribution >= 0.6 is 11.6 Å². The van der Waals surface area contributed by atoms with Crippen LogP contribution in [0.5, 0.6) is 0 Å². The first-order chi connectivity index (χ1) is 8.94. The maximum atomic E-state index is 12.2. The van der Waals surface area contributed by atoms with Crippen LogP contribution < -0.4 is 10.5 Å². The Labute approximate surface area is 116 Å². The zero-order valence-electron chi connectivity index (χ0n) is 10.1. The van der Waals surface area contributed by atoms with Crippen molar-refractivity contribution in [3.8, 4) is 0 Å². The van der Waals surface area contributed by atoms with Gasteiger partial charge in [0.1, 0.15) is 0 Å². The third-order valence-corrected chi connectivity index (χ3v) is 4.16. The molecule has 1 heterocycles. The van der Waals surface area contributed by atoms with Gasteiger partial charge >= 0.3 is 0 Å². The van der Waals surface area contributed by atoms with Gasteiger partial charge in [-0.25, -0.2) is 0 Å². The maximum absolute atomic E-state index is 12.2. The van der Waals surface area contributed by atoms with Gasteiger partial charge in [0.15, 0.2) is 0 Å². The molecule has 102 valence electrons. The first-order valence-electron chi connectivity index (χ1n) is 5.46. The molecule has 0 spiro atoms. The van der Waals surface area contributed by atoms with Crippen molar-refractivity contribution in [2.45, 2.75) is 18.5 Å². The summed E-state index contributed by atoms with van der Waals surface area (Å²) in [7, 11) is -3.78. The van der Waals surface area contributed by atoms with Gasteiger partial charge in [0.05, 0.1) is 5.69 Å². The zero-order chi connectivity index (χ0) is 14.0. The van der Waals surface area contributed by atoms with Crippen molar-refractivity contribution < 1.29 is 8.42 Å². The minimum absolute atomic E-state index is 0.0903. The van der Waals surface area contributed by atoms with Crippen molar-refractivity contribution >= 4 is 27.3 Å². The summed E-state index contributed by atoms with van der Waals surface area (Å²) < 4.78 is 26.8. The molecule has 0 unspecified atom stereocenters. The third-order valence-electron chi connectivity index (χ3n) is 2.57. The number of nitrogens with one attached hydrogen (secondary N) is 2. The van der Waals surface area contributed by atoms with E-state index in [9.17, 15) is 8.42 Å². The molecule has 2 aromatic rings. The van der Waals surface area contributed by atoms with Crippen LogP contribution in [-0.4, -0.2) is 18.6 Å². The number of hydrogen-bond donors (Lipinski definition) is 3. The highest BCUT2D eigenvalue weighted by atomic mass is 35.5. The van der Waals surface area contributed by atoms with Gasteiger partial charge in [0.25, 0.3) is 10.0 Å². The predicted molar refractivity (Wildman–Crippen MR) is 73.5 cm³/mol. The molecule has 0 fully saturated rings. The molecule has 1 aromatic carbocycles. The fraction of sp³-hybridized carbons (Fsp3) is 0.182. The van der Waals surface area contributed by atoms with E-state index in [0.29, 0.717) is 22.0 Å². The highest BCUT2D eigenvalue weighted by Gasteiger charge is 2.23. The Kier molecular flexibility index (Phi) is 3.79. The fourth-order valence-electron chi connectivity index (χ4n) is 1.65. The molecule has 0 saturated heterocycles. The van der Waals surface area contributed by atoms with Gasteiger partial charge in [-0.2, -0.15) is 13.5 Å². The van der Waals surface area contributed by atoms with Crippen LogP contribution in [0.2, 0.25) is 5.02 Å². The quantitative estimate of drug-likeness (QED) is 0.799. The molecule has 0 aliphatic heterocycles. The van der Waals surface area contributed by atoms with Gasteiger partial charge in [-0.05, 0) is 25.1 Å². The fourth-order valence-corrected chi connectivity index (χ4v) is 3.10. The normalized spacial score (nSPS) is 11.5. The number of rotatable bonds is 4. The van der Waals surface area contributed by atoms with Crippen molar-refractivity contribution in [2.75, 3.05) is 4.72 Å². The second-order valence-corrected chi connectivity index (χ2v) is 5.99. The molecule has 8 heteroatoms. The largest absolute Gasteiger partial charge is 0.326 e. The van der Waals surface area contributed by atoms with Crippen molar-refractivity contribution in [1.82, 2.24) is 10.2 Å². The van der Waals surface area contributed by atoms with E-state index in [1.807, 2.05) is 0 Å². The van der Waals surface area contributed by atoms with Crippen LogP contribution in [0.25, 0.3) is 0 Å². The molecule has 0 amide bonds. The smallest absolute Gasteiger partial charge is 0.281 e. The van der Waals surface area contributed by atoms with Gasteiger partial charge in [-0.1, -0.05) is 17.7 Å². The number of aryl methyl sites for hydroxylation is 1. The molecule has 6 nitrogen and oxygen atoms in total. The molecular formula is C11H13ClN4O2S. The number of halogens is 1. The molecule has 0 aliphatic rings. The molecular weight excluding hydrogens is 288 g/mol. The minimum atomic E-state index is -3.78. The Balaban J connectivity index is 2.38. The standard InChI is InChI=1S/C11H13ClN4O2S/c1-7-10(6-13)11(15-14-7)19(17,18)16-9-4-2-3-8(12)5-9/h2-5,16H,6,13H2,1H3,(H,14,15). The van der Waals surface area contributed by atoms with Crippen molar-refractivity contribution in [3.05, 3.63) is 40.5 Å². The lowest BCUT2D eigenvalue weighted by atomic mass is 10.3. The maximum Gasteiger partial charge on any atom is 0.281 e. The second kappa shape index (κ2) is 5.20. The second-order valence-electron chi connectivity index (χ2n) is 3.95. The van der Waals surface area contributed by atoms with Gasteiger partial charge < -0.3 is 5.73 Å². The first-order valence-corrected chi connectivity index (χ1v) is 7.32. The van der Waals surface area contributed by atoms with Crippen molar-refractivity contribution in [3.63, 3.8) is 0 Å². The SMILES string of the molecule is Cc1[nH]nc(S(=O)(=O)Nc2cccc(Cl)c2)c1CN. The topological polar surface area (TPSA) is 101 Å². The van der Waals surface area contributed by atoms with Gasteiger partial charge in [-0.3, -0.25) is 9.82 Å². The Morgan fingerprint density at radius 3 is 2.84 bits per heavy atom. The van der Waals surface area contributed by atoms with E-state index in [0.717, 1.165) is 0 Å². The lowest BCUT2D eigenvalue weighted by Gasteiger charge is -2.07. The van der Waals surface area contributed by atoms with Crippen molar-refractivity contribution in [1.29, 1.82) is 0 Å². The molecule has 0 saturated carbocycles. The van der Waals surface area contributed by atoms with E-state index in [2.05, 4.69) is 14.9 Å². The summed E-state index contributed by atoms with van der Waals surface area (Å²) in [6.45, 7) is 1.81. The zero-order valence-corrected chi connectivity index (χ0v) is 11.7. The first kappa shape index (κ1) is 13.9. The number of sulfonamides is 1. The predicted octanol–water partition coefficient (Wildman–Crippen LogP) is 1.63. The van der Waals surface area contributed by atoms with E-state index < -0.39 is 10.0 Å². The van der Waals surface area contributed by atoms with E-state index in [-0.39, 0.29) is 11.6 Å². The van der Waals surface area contributed by atoms with Crippen LogP contribution in [0.4, 0.5) is 5.69 Å². The Morgan fingerprint density at radius 2 is 2.21 bits per heavy atom. The van der Waals surface area contributed by atoms with Crippen molar-refractivity contribution in [2.24, 2.45) is 5.73 Å². The molecule has 0 aliphatic carbocycles. The lowest BCUT2D eigenvalue weighted by molar-refractivity contribution is 0.596. The number of aromatic amines is 1. The number of H-pyrrole nitrogens is 1. The molecule has 1 aromatic heterocycles. The summed E-state index contributed by atoms with van der Waals surface area (Å²) in [5.74, 6) is 0. The van der Waals surface area contributed by atoms with Gasteiger partial charge in [0.2, 0.25) is 5.03 Å². The Hall–Kier alpha value is -1.57. The van der Waals surface area contributed by atoms with E-state index in [1.165, 1.54) is 6.07 Å². The van der Waals surface area contributed by atoms with E-state index in [1.54, 1.807) is 25.1 Å². The lowest BCUT2D eigenvalue weighted by Crippen LogP contribution is -2.16. The van der Waals surface area contributed by atoms with Crippen LogP contribution in [0, 0.1) is 6.92 Å². The summed E-state index contributed by atoms with van der Waals surface area (Å²) >= 11 is 5.81. The number of hydrogen-bond acceptors (Lipinski definition) is 4. The minimum Gasteiger partial charge on any atom is -0.326 e. The number of nitrogens with two attached hydrogens (primary N) is 1. The number of benzene rings is 1. The number of anilines is 1. The summed E-state index contributed by atoms with van der Waals surface area (Å²) in [4.78, 5) is 0. The molecule has 2 rings (SSSR count). The Bertz CT molecular complexity index is 696. The van der Waals surface area contributed by atoms with Gasteiger partial charge in [0, 0.05) is 22.8 Å². The summed E-state index contributed by atoms with van der Waals surface area (Å²) in [6.07, 6.45) is 0. The van der Waals surface area contributed by atoms with Crippen LogP contribution in [-0.2, 0) is 16.6 Å². The molecule has 0 radical (unpaired) electrons. The van der Waals surface area contributed by atoms with E-state index in [4.69, 9.17) is 17.3 Å². The number of nitrogens with zero attached hydrogens (tertiary/aromatic N) is 1. The average Bonchev–Trinajstić information content (AvgIpc) is 2.70. The van der Waals surface area contributed by atoms with Crippen LogP contribution in [0.15, 0.2) is 29.3 Å². The number of aromatic nitrogens is 2. The summed E-state index contributed by atoms with van der Waals surface area (Å²) in [5, 5.41) is 6.76. The van der Waals surface area contributed by atoms with Gasteiger partial charge in [-0.15, -0.1) is 0 Å². The highest BCUT2D eigenvalue weighted by molar-refractivity contribution is 7.92. The summed E-state index contributed by atoms with van der Waals surface area (Å²) in [5.41, 5.74) is 7.01. The Morgan fingerprint density at radius 1 is 1.47 bits per heavy atom. The van der Waals surface area contributed by atoms with E-state index >= 15 is 0 Å². The van der Waals surface area contributed by atoms with Crippen LogP contribution in [0.3, 0.4) is 0 Å². The molecule has 0 atom stereocenters. The molecule has 19 heavy (non-hydrogen) atoms. The molecule has 0 bridgehead atoms.